The van der Waals surface area contributed by atoms with E-state index < -0.39 is 0 Å². The molecule has 1 atom stereocenters. The van der Waals surface area contributed by atoms with E-state index in [0.29, 0.717) is 12.5 Å². The van der Waals surface area contributed by atoms with E-state index in [1.807, 2.05) is 0 Å². The van der Waals surface area contributed by atoms with Crippen molar-refractivity contribution in [2.45, 2.75) is 57.1 Å². The third-order valence-corrected chi connectivity index (χ3v) is 3.87. The molecular weight excluding hydrogens is 216 g/mol. The first-order chi connectivity index (χ1) is 8.18. The van der Waals surface area contributed by atoms with Crippen molar-refractivity contribution in [1.29, 1.82) is 0 Å². The van der Waals surface area contributed by atoms with Crippen molar-refractivity contribution in [3.05, 3.63) is 0 Å². The summed E-state index contributed by atoms with van der Waals surface area (Å²) in [6.07, 6.45) is 6.12. The van der Waals surface area contributed by atoms with Gasteiger partial charge in [-0.15, -0.1) is 0 Å². The first kappa shape index (κ1) is 12.8. The Kier molecular flexibility index (Phi) is 4.40. The van der Waals surface area contributed by atoms with Crippen LogP contribution in [0.2, 0.25) is 0 Å². The Balaban J connectivity index is 1.68. The number of hydrogen-bond donors (Lipinski definition) is 2. The summed E-state index contributed by atoms with van der Waals surface area (Å²) in [5.41, 5.74) is -0.00112. The van der Waals surface area contributed by atoms with Crippen molar-refractivity contribution >= 4 is 5.91 Å². The standard InChI is InChI=1S/C13H24N2O2/c1-13(6-8-14-9-7-13)15-12(16)5-4-11-3-2-10-17-11/h11,14H,2-10H2,1H3,(H,15,16). The molecular formula is C13H24N2O2. The van der Waals surface area contributed by atoms with E-state index in [4.69, 9.17) is 4.74 Å². The summed E-state index contributed by atoms with van der Waals surface area (Å²) in [6, 6.07) is 0. The van der Waals surface area contributed by atoms with Gasteiger partial charge >= 0.3 is 0 Å². The van der Waals surface area contributed by atoms with Crippen molar-refractivity contribution in [3.63, 3.8) is 0 Å². The maximum absolute atomic E-state index is 11.9. The molecule has 0 aromatic heterocycles. The van der Waals surface area contributed by atoms with E-state index in [1.54, 1.807) is 0 Å². The third-order valence-electron chi connectivity index (χ3n) is 3.87. The molecule has 0 spiro atoms. The number of nitrogens with one attached hydrogen (secondary N) is 2. The minimum Gasteiger partial charge on any atom is -0.378 e. The highest BCUT2D eigenvalue weighted by Crippen LogP contribution is 2.19. The summed E-state index contributed by atoms with van der Waals surface area (Å²) in [6.45, 7) is 5.03. The first-order valence-electron chi connectivity index (χ1n) is 6.81. The van der Waals surface area contributed by atoms with Gasteiger partial charge in [-0.05, 0) is 52.1 Å². The lowest BCUT2D eigenvalue weighted by Gasteiger charge is -2.35. The topological polar surface area (TPSA) is 50.4 Å². The van der Waals surface area contributed by atoms with Crippen LogP contribution in [0.25, 0.3) is 0 Å². The van der Waals surface area contributed by atoms with Crippen molar-refractivity contribution < 1.29 is 9.53 Å². The number of hydrogen-bond acceptors (Lipinski definition) is 3. The molecule has 4 heteroatoms. The molecule has 0 aromatic rings. The molecule has 0 aliphatic carbocycles. The second-order valence-electron chi connectivity index (χ2n) is 5.53. The molecule has 1 amide bonds. The van der Waals surface area contributed by atoms with Gasteiger partial charge in [-0.2, -0.15) is 0 Å². The Morgan fingerprint density at radius 1 is 1.47 bits per heavy atom. The zero-order valence-electron chi connectivity index (χ0n) is 10.8. The molecule has 2 saturated heterocycles. The average molecular weight is 240 g/mol. The first-order valence-corrected chi connectivity index (χ1v) is 6.81. The Bertz CT molecular complexity index is 256. The van der Waals surface area contributed by atoms with Crippen molar-refractivity contribution in [2.24, 2.45) is 0 Å². The number of carbonyl (C=O) groups is 1. The number of amides is 1. The molecule has 2 aliphatic rings. The highest BCUT2D eigenvalue weighted by atomic mass is 16.5. The van der Waals surface area contributed by atoms with Gasteiger partial charge in [0.1, 0.15) is 0 Å². The van der Waals surface area contributed by atoms with Gasteiger partial charge in [0.15, 0.2) is 0 Å². The quantitative estimate of drug-likeness (QED) is 0.776. The fraction of sp³-hybridized carbons (Fsp3) is 0.923. The largest absolute Gasteiger partial charge is 0.378 e. The molecule has 1 unspecified atom stereocenters. The van der Waals surface area contributed by atoms with Crippen LogP contribution in [-0.4, -0.2) is 37.2 Å². The molecule has 4 nitrogen and oxygen atoms in total. The Morgan fingerprint density at radius 2 is 2.24 bits per heavy atom. The molecule has 98 valence electrons. The highest BCUT2D eigenvalue weighted by molar-refractivity contribution is 5.76. The summed E-state index contributed by atoms with van der Waals surface area (Å²) < 4.78 is 5.53. The molecule has 2 heterocycles. The number of piperidine rings is 1. The highest BCUT2D eigenvalue weighted by Gasteiger charge is 2.28. The molecule has 0 bridgehead atoms. The van der Waals surface area contributed by atoms with Gasteiger partial charge in [-0.3, -0.25) is 4.79 Å². The van der Waals surface area contributed by atoms with Crippen LogP contribution in [0.5, 0.6) is 0 Å². The van der Waals surface area contributed by atoms with Crippen LogP contribution in [-0.2, 0) is 9.53 Å². The van der Waals surface area contributed by atoms with E-state index in [2.05, 4.69) is 17.6 Å². The average Bonchev–Trinajstić information content (AvgIpc) is 2.79. The smallest absolute Gasteiger partial charge is 0.220 e. The number of carbonyl (C=O) groups excluding carboxylic acids is 1. The van der Waals surface area contributed by atoms with Crippen molar-refractivity contribution in [1.82, 2.24) is 10.6 Å². The van der Waals surface area contributed by atoms with Gasteiger partial charge in [0.2, 0.25) is 5.91 Å². The minimum atomic E-state index is -0.00112. The van der Waals surface area contributed by atoms with Crippen LogP contribution in [0.3, 0.4) is 0 Å². The van der Waals surface area contributed by atoms with E-state index in [1.165, 1.54) is 0 Å². The van der Waals surface area contributed by atoms with Gasteiger partial charge in [0, 0.05) is 18.6 Å². The molecule has 17 heavy (non-hydrogen) atoms. The van der Waals surface area contributed by atoms with E-state index in [0.717, 1.165) is 51.8 Å². The monoisotopic (exact) mass is 240 g/mol. The van der Waals surface area contributed by atoms with Gasteiger partial charge in [0.25, 0.3) is 0 Å². The van der Waals surface area contributed by atoms with Gasteiger partial charge in [0.05, 0.1) is 6.10 Å². The maximum atomic E-state index is 11.9. The molecule has 2 rings (SSSR count). The number of ether oxygens (including phenoxy) is 1. The van der Waals surface area contributed by atoms with E-state index in [-0.39, 0.29) is 11.4 Å². The van der Waals surface area contributed by atoms with Gasteiger partial charge in [-0.1, -0.05) is 0 Å². The summed E-state index contributed by atoms with van der Waals surface area (Å²) in [7, 11) is 0. The molecule has 2 N–H and O–H groups in total. The molecule has 2 aliphatic heterocycles. The molecule has 0 aromatic carbocycles. The molecule has 0 saturated carbocycles. The lowest BCUT2D eigenvalue weighted by Crippen LogP contribution is -2.52. The van der Waals surface area contributed by atoms with Crippen LogP contribution in [0, 0.1) is 0 Å². The summed E-state index contributed by atoms with van der Waals surface area (Å²) in [5.74, 6) is 0.185. The maximum Gasteiger partial charge on any atom is 0.220 e. The Hall–Kier alpha value is -0.610. The Labute approximate surface area is 103 Å². The van der Waals surface area contributed by atoms with Crippen LogP contribution in [0.15, 0.2) is 0 Å². The van der Waals surface area contributed by atoms with E-state index >= 15 is 0 Å². The van der Waals surface area contributed by atoms with Crippen molar-refractivity contribution in [2.75, 3.05) is 19.7 Å². The normalized spacial score (nSPS) is 27.9. The zero-order valence-corrected chi connectivity index (χ0v) is 10.8. The fourth-order valence-electron chi connectivity index (χ4n) is 2.67. The van der Waals surface area contributed by atoms with Crippen LogP contribution in [0.4, 0.5) is 0 Å². The van der Waals surface area contributed by atoms with Gasteiger partial charge in [-0.25, -0.2) is 0 Å². The van der Waals surface area contributed by atoms with E-state index in [9.17, 15) is 4.79 Å². The minimum absolute atomic E-state index is 0.00112. The van der Waals surface area contributed by atoms with Crippen LogP contribution < -0.4 is 10.6 Å². The SMILES string of the molecule is CC1(NC(=O)CCC2CCCO2)CCNCC1. The summed E-state index contributed by atoms with van der Waals surface area (Å²) in [4.78, 5) is 11.9. The predicted octanol–water partition coefficient (Wildman–Crippen LogP) is 1.20. The third kappa shape index (κ3) is 3.96. The summed E-state index contributed by atoms with van der Waals surface area (Å²) >= 11 is 0. The lowest BCUT2D eigenvalue weighted by molar-refractivity contribution is -0.123. The lowest BCUT2D eigenvalue weighted by atomic mass is 9.90. The van der Waals surface area contributed by atoms with Crippen LogP contribution >= 0.6 is 0 Å². The fourth-order valence-corrected chi connectivity index (χ4v) is 2.67. The van der Waals surface area contributed by atoms with Crippen LogP contribution in [0.1, 0.15) is 45.4 Å². The Morgan fingerprint density at radius 3 is 2.88 bits per heavy atom. The van der Waals surface area contributed by atoms with Crippen molar-refractivity contribution in [3.8, 4) is 0 Å². The predicted molar refractivity (Wildman–Crippen MR) is 66.9 cm³/mol. The molecule has 0 radical (unpaired) electrons. The number of rotatable bonds is 4. The second kappa shape index (κ2) is 5.83. The second-order valence-corrected chi connectivity index (χ2v) is 5.53. The molecule has 2 fully saturated rings. The zero-order chi connectivity index (χ0) is 12.1. The van der Waals surface area contributed by atoms with Gasteiger partial charge < -0.3 is 15.4 Å². The summed E-state index contributed by atoms with van der Waals surface area (Å²) in [5, 5.41) is 6.50.